The third-order valence-electron chi connectivity index (χ3n) is 3.31. The number of aliphatic hydroxyl groups is 1. The summed E-state index contributed by atoms with van der Waals surface area (Å²) in [5.41, 5.74) is 2.68. The maximum atomic E-state index is 12.2. The van der Waals surface area contributed by atoms with E-state index in [0.717, 1.165) is 5.56 Å². The summed E-state index contributed by atoms with van der Waals surface area (Å²) in [6.07, 6.45) is -1.09. The average molecular weight is 315 g/mol. The number of aryl methyl sites for hydroxylation is 1. The molecule has 0 aromatic heterocycles. The maximum Gasteiger partial charge on any atom is 0.157 e. The van der Waals surface area contributed by atoms with Crippen molar-refractivity contribution in [2.75, 3.05) is 5.75 Å². The molecule has 2 aromatic rings. The van der Waals surface area contributed by atoms with E-state index >= 15 is 0 Å². The summed E-state index contributed by atoms with van der Waals surface area (Å²) >= 11 is 0. The molecule has 0 bridgehead atoms. The van der Waals surface area contributed by atoms with E-state index in [9.17, 15) is 13.5 Å². The highest BCUT2D eigenvalue weighted by molar-refractivity contribution is 7.90. The lowest BCUT2D eigenvalue weighted by molar-refractivity contribution is 0.201. The molecule has 0 fully saturated rings. The summed E-state index contributed by atoms with van der Waals surface area (Å²) in [4.78, 5) is 0. The van der Waals surface area contributed by atoms with Crippen LogP contribution in [0.15, 0.2) is 48.5 Å². The topological polar surface area (TPSA) is 78.2 Å². The number of benzene rings is 2. The quantitative estimate of drug-likeness (QED) is 0.919. The Morgan fingerprint density at radius 2 is 1.86 bits per heavy atom. The molecule has 1 N–H and O–H groups in total. The van der Waals surface area contributed by atoms with Crippen molar-refractivity contribution in [3.63, 3.8) is 0 Å². The van der Waals surface area contributed by atoms with Gasteiger partial charge < -0.3 is 5.11 Å². The fourth-order valence-corrected chi connectivity index (χ4v) is 3.71. The molecule has 0 aliphatic rings. The summed E-state index contributed by atoms with van der Waals surface area (Å²) in [5.74, 6) is -0.436. The van der Waals surface area contributed by atoms with E-state index in [1.165, 1.54) is 0 Å². The Morgan fingerprint density at radius 3 is 2.45 bits per heavy atom. The van der Waals surface area contributed by atoms with Crippen molar-refractivity contribution in [3.8, 4) is 6.07 Å². The van der Waals surface area contributed by atoms with Gasteiger partial charge in [-0.1, -0.05) is 42.0 Å². The van der Waals surface area contributed by atoms with E-state index in [1.807, 2.05) is 31.2 Å². The summed E-state index contributed by atoms with van der Waals surface area (Å²) in [6, 6.07) is 15.6. The SMILES string of the molecule is Cc1cccc(CS(=O)(=O)CC(O)c2ccc(C#N)cc2)c1. The zero-order valence-corrected chi connectivity index (χ0v) is 13.0. The molecule has 5 heteroatoms. The highest BCUT2D eigenvalue weighted by atomic mass is 32.2. The number of hydrogen-bond acceptors (Lipinski definition) is 4. The van der Waals surface area contributed by atoms with Gasteiger partial charge in [0.15, 0.2) is 9.84 Å². The van der Waals surface area contributed by atoms with Crippen LogP contribution < -0.4 is 0 Å². The summed E-state index contributed by atoms with van der Waals surface area (Å²) in [5, 5.41) is 18.8. The molecule has 2 aromatic carbocycles. The lowest BCUT2D eigenvalue weighted by Crippen LogP contribution is -2.16. The number of rotatable bonds is 5. The van der Waals surface area contributed by atoms with Gasteiger partial charge in [-0.15, -0.1) is 0 Å². The summed E-state index contributed by atoms with van der Waals surface area (Å²) in [6.45, 7) is 1.90. The van der Waals surface area contributed by atoms with Crippen LogP contribution in [0, 0.1) is 18.3 Å². The van der Waals surface area contributed by atoms with Crippen LogP contribution in [-0.4, -0.2) is 19.3 Å². The first-order valence-corrected chi connectivity index (χ1v) is 8.66. The van der Waals surface area contributed by atoms with E-state index in [0.29, 0.717) is 16.7 Å². The van der Waals surface area contributed by atoms with Gasteiger partial charge in [0.2, 0.25) is 0 Å². The molecule has 4 nitrogen and oxygen atoms in total. The van der Waals surface area contributed by atoms with E-state index in [-0.39, 0.29) is 11.5 Å². The zero-order valence-electron chi connectivity index (χ0n) is 12.2. The molecule has 0 heterocycles. The van der Waals surface area contributed by atoms with Gasteiger partial charge in [-0.2, -0.15) is 5.26 Å². The molecule has 114 valence electrons. The predicted octanol–water partition coefficient (Wildman–Crippen LogP) is 2.52. The van der Waals surface area contributed by atoms with Gasteiger partial charge in [-0.05, 0) is 30.2 Å². The third kappa shape index (κ3) is 4.42. The van der Waals surface area contributed by atoms with Crippen molar-refractivity contribution in [2.24, 2.45) is 0 Å². The standard InChI is InChI=1S/C17H17NO3S/c1-13-3-2-4-15(9-13)11-22(20,21)12-17(19)16-7-5-14(10-18)6-8-16/h2-9,17,19H,11-12H2,1H3. The van der Waals surface area contributed by atoms with Gasteiger partial charge in [0.25, 0.3) is 0 Å². The Morgan fingerprint density at radius 1 is 1.18 bits per heavy atom. The van der Waals surface area contributed by atoms with Crippen molar-refractivity contribution in [3.05, 3.63) is 70.8 Å². The van der Waals surface area contributed by atoms with Gasteiger partial charge in [-0.3, -0.25) is 0 Å². The number of nitrogens with zero attached hydrogens (tertiary/aromatic N) is 1. The largest absolute Gasteiger partial charge is 0.387 e. The molecule has 1 unspecified atom stereocenters. The lowest BCUT2D eigenvalue weighted by atomic mass is 10.1. The fraction of sp³-hybridized carbons (Fsp3) is 0.235. The minimum atomic E-state index is -3.43. The average Bonchev–Trinajstić information content (AvgIpc) is 2.46. The molecule has 0 radical (unpaired) electrons. The van der Waals surface area contributed by atoms with E-state index < -0.39 is 15.9 Å². The van der Waals surface area contributed by atoms with Gasteiger partial charge >= 0.3 is 0 Å². The highest BCUT2D eigenvalue weighted by Gasteiger charge is 2.19. The third-order valence-corrected chi connectivity index (χ3v) is 4.90. The number of hydrogen-bond donors (Lipinski definition) is 1. The van der Waals surface area contributed by atoms with Crippen LogP contribution in [0.25, 0.3) is 0 Å². The van der Waals surface area contributed by atoms with Crippen molar-refractivity contribution >= 4 is 9.84 Å². The highest BCUT2D eigenvalue weighted by Crippen LogP contribution is 2.18. The van der Waals surface area contributed by atoms with Crippen molar-refractivity contribution in [1.82, 2.24) is 0 Å². The Bertz CT molecular complexity index is 789. The Labute approximate surface area is 130 Å². The first-order chi connectivity index (χ1) is 10.4. The minimum absolute atomic E-state index is 0.0952. The minimum Gasteiger partial charge on any atom is -0.387 e. The van der Waals surface area contributed by atoms with Crippen LogP contribution in [0.4, 0.5) is 0 Å². The van der Waals surface area contributed by atoms with Crippen molar-refractivity contribution in [2.45, 2.75) is 18.8 Å². The smallest absolute Gasteiger partial charge is 0.157 e. The lowest BCUT2D eigenvalue weighted by Gasteiger charge is -2.12. The molecule has 0 saturated carbocycles. The molecule has 22 heavy (non-hydrogen) atoms. The molecule has 0 amide bonds. The van der Waals surface area contributed by atoms with Crippen molar-refractivity contribution in [1.29, 1.82) is 5.26 Å². The zero-order chi connectivity index (χ0) is 16.2. The first kappa shape index (κ1) is 16.2. The van der Waals surface area contributed by atoms with Crippen molar-refractivity contribution < 1.29 is 13.5 Å². The molecule has 0 saturated heterocycles. The second-order valence-corrected chi connectivity index (χ2v) is 7.40. The molecular weight excluding hydrogens is 298 g/mol. The Hall–Kier alpha value is -2.16. The van der Waals surface area contributed by atoms with Gasteiger partial charge in [0.1, 0.15) is 0 Å². The van der Waals surface area contributed by atoms with Crippen LogP contribution >= 0.6 is 0 Å². The van der Waals surface area contributed by atoms with Gasteiger partial charge in [-0.25, -0.2) is 8.42 Å². The molecular formula is C17H17NO3S. The Kier molecular flexibility index (Phi) is 4.96. The monoisotopic (exact) mass is 315 g/mol. The molecule has 2 rings (SSSR count). The number of nitriles is 1. The molecule has 1 atom stereocenters. The van der Waals surface area contributed by atoms with Gasteiger partial charge in [0.05, 0.1) is 29.2 Å². The van der Waals surface area contributed by atoms with Gasteiger partial charge in [0, 0.05) is 0 Å². The predicted molar refractivity (Wildman–Crippen MR) is 84.8 cm³/mol. The number of aliphatic hydroxyl groups excluding tert-OH is 1. The van der Waals surface area contributed by atoms with Crippen LogP contribution in [0.5, 0.6) is 0 Å². The molecule has 0 aliphatic carbocycles. The van der Waals surface area contributed by atoms with Crippen LogP contribution in [0.2, 0.25) is 0 Å². The molecule has 0 aliphatic heterocycles. The Balaban J connectivity index is 2.09. The first-order valence-electron chi connectivity index (χ1n) is 6.84. The van der Waals surface area contributed by atoms with Crippen LogP contribution in [0.1, 0.15) is 28.4 Å². The normalized spacial score (nSPS) is 12.6. The van der Waals surface area contributed by atoms with E-state index in [1.54, 1.807) is 30.3 Å². The second kappa shape index (κ2) is 6.73. The maximum absolute atomic E-state index is 12.2. The number of sulfone groups is 1. The van der Waals surface area contributed by atoms with E-state index in [4.69, 9.17) is 5.26 Å². The summed E-state index contributed by atoms with van der Waals surface area (Å²) < 4.78 is 24.4. The summed E-state index contributed by atoms with van der Waals surface area (Å²) in [7, 11) is -3.43. The van der Waals surface area contributed by atoms with Crippen LogP contribution in [-0.2, 0) is 15.6 Å². The fourth-order valence-electron chi connectivity index (χ4n) is 2.23. The second-order valence-electron chi connectivity index (χ2n) is 5.29. The molecule has 0 spiro atoms. The van der Waals surface area contributed by atoms with Crippen LogP contribution in [0.3, 0.4) is 0 Å². The van der Waals surface area contributed by atoms with E-state index in [2.05, 4.69) is 0 Å².